The molecule has 0 atom stereocenters. The maximum absolute atomic E-state index is 14.0. The summed E-state index contributed by atoms with van der Waals surface area (Å²) in [7, 11) is 0. The molecular weight excluding hydrogens is 632 g/mol. The van der Waals surface area contributed by atoms with Gasteiger partial charge in [0.2, 0.25) is 11.8 Å². The molecule has 0 unspecified atom stereocenters. The van der Waals surface area contributed by atoms with Crippen molar-refractivity contribution in [3.8, 4) is 0 Å². The van der Waals surface area contributed by atoms with Gasteiger partial charge in [-0.15, -0.1) is 0 Å². The van der Waals surface area contributed by atoms with Gasteiger partial charge in [-0.1, -0.05) is 74.5 Å². The molecule has 0 bridgehead atoms. The van der Waals surface area contributed by atoms with Gasteiger partial charge in [-0.3, -0.25) is 19.2 Å². The minimum atomic E-state index is -1.45. The Morgan fingerprint density at radius 2 is 0.820 bits per heavy atom. The largest absolute Gasteiger partial charge is 0.481 e. The summed E-state index contributed by atoms with van der Waals surface area (Å²) >= 11 is 0. The number of para-hydroxylation sites is 2. The van der Waals surface area contributed by atoms with E-state index in [-0.39, 0.29) is 13.1 Å². The van der Waals surface area contributed by atoms with Crippen LogP contribution < -0.4 is 10.6 Å². The molecule has 4 aromatic carbocycles. The van der Waals surface area contributed by atoms with E-state index in [2.05, 4.69) is 10.6 Å². The Morgan fingerprint density at radius 3 is 1.12 bits per heavy atom. The fourth-order valence-corrected chi connectivity index (χ4v) is 6.68. The van der Waals surface area contributed by atoms with Crippen LogP contribution in [-0.4, -0.2) is 56.9 Å². The highest BCUT2D eigenvalue weighted by molar-refractivity contribution is 5.99. The van der Waals surface area contributed by atoms with Crippen LogP contribution in [0.2, 0.25) is 0 Å². The number of amides is 2. The number of nitrogens with zero attached hydrogens (tertiary/aromatic N) is 2. The predicted molar refractivity (Wildman–Crippen MR) is 193 cm³/mol. The number of carbonyl (C=O) groups is 4. The summed E-state index contributed by atoms with van der Waals surface area (Å²) in [5.74, 6) is -9.46. The van der Waals surface area contributed by atoms with Crippen LogP contribution in [0.1, 0.15) is 37.8 Å². The van der Waals surface area contributed by atoms with E-state index in [1.807, 2.05) is 123 Å². The molecule has 1 aliphatic rings. The zero-order chi connectivity index (χ0) is 35.6. The lowest BCUT2D eigenvalue weighted by molar-refractivity contribution is -0.187. The molecule has 0 aliphatic heterocycles. The van der Waals surface area contributed by atoms with E-state index >= 15 is 0 Å². The van der Waals surface area contributed by atoms with Crippen LogP contribution in [0.15, 0.2) is 109 Å². The summed E-state index contributed by atoms with van der Waals surface area (Å²) in [5.41, 5.74) is 5.22. The van der Waals surface area contributed by atoms with Crippen LogP contribution in [0.25, 0.3) is 0 Å². The SMILES string of the molecule is CCCN(Cc1ccc(Nc2ccccc2)cc1)C(=O)C1C(C(=O)O)C(C(=O)N(CCC)Cc2ccc(Nc3ccccc3)cc2)C1C(=O)O. The number of nitrogens with one attached hydrogen (secondary N) is 2. The van der Waals surface area contributed by atoms with Gasteiger partial charge in [-0.25, -0.2) is 0 Å². The lowest BCUT2D eigenvalue weighted by Gasteiger charge is -2.48. The maximum atomic E-state index is 14.0. The molecule has 4 N–H and O–H groups in total. The Morgan fingerprint density at radius 1 is 0.500 bits per heavy atom. The van der Waals surface area contributed by atoms with E-state index in [1.165, 1.54) is 9.80 Å². The first-order chi connectivity index (χ1) is 24.2. The standard InChI is InChI=1S/C40H44N4O6/c1-3-23-43(25-27-15-19-31(20-16-27)41-29-11-7-5-8-12-29)37(45)33-35(39(47)48)34(36(33)40(49)50)38(46)44(24-4-2)26-28-17-21-32(22-18-28)42-30-13-9-6-10-14-30/h5-22,33-36,41-42H,3-4,23-26H2,1-2H3,(H,47,48)(H,49,50). The number of anilines is 4. The van der Waals surface area contributed by atoms with E-state index in [0.717, 1.165) is 33.9 Å². The summed E-state index contributed by atoms with van der Waals surface area (Å²) < 4.78 is 0. The monoisotopic (exact) mass is 676 g/mol. The molecule has 0 saturated heterocycles. The van der Waals surface area contributed by atoms with E-state index in [0.29, 0.717) is 25.9 Å². The minimum absolute atomic E-state index is 0.184. The van der Waals surface area contributed by atoms with E-state index in [1.54, 1.807) is 0 Å². The van der Waals surface area contributed by atoms with Crippen LogP contribution in [0, 0.1) is 23.7 Å². The Balaban J connectivity index is 1.31. The first kappa shape index (κ1) is 35.7. The Kier molecular flexibility index (Phi) is 11.9. The normalized spacial score (nSPS) is 18.0. The van der Waals surface area contributed by atoms with Crippen molar-refractivity contribution in [3.63, 3.8) is 0 Å². The van der Waals surface area contributed by atoms with Gasteiger partial charge in [0.1, 0.15) is 0 Å². The first-order valence-corrected chi connectivity index (χ1v) is 17.0. The average Bonchev–Trinajstić information content (AvgIpc) is 3.09. The number of hydrogen-bond donors (Lipinski definition) is 4. The van der Waals surface area contributed by atoms with Crippen LogP contribution in [0.5, 0.6) is 0 Å². The van der Waals surface area contributed by atoms with Gasteiger partial charge in [0.25, 0.3) is 0 Å². The third-order valence-corrected chi connectivity index (χ3v) is 9.08. The molecule has 10 heteroatoms. The highest BCUT2D eigenvalue weighted by atomic mass is 16.4. The summed E-state index contributed by atoms with van der Waals surface area (Å²) in [4.78, 5) is 56.5. The summed E-state index contributed by atoms with van der Waals surface area (Å²) in [6, 6.07) is 34.5. The van der Waals surface area contributed by atoms with Crippen molar-refractivity contribution in [1.29, 1.82) is 0 Å². The number of aliphatic carboxylic acids is 2. The molecule has 260 valence electrons. The third-order valence-electron chi connectivity index (χ3n) is 9.08. The second-order valence-electron chi connectivity index (χ2n) is 12.7. The predicted octanol–water partition coefficient (Wildman–Crippen LogP) is 7.00. The molecule has 10 nitrogen and oxygen atoms in total. The summed E-state index contributed by atoms with van der Waals surface area (Å²) in [6.07, 6.45) is 1.18. The zero-order valence-electron chi connectivity index (χ0n) is 28.4. The van der Waals surface area contributed by atoms with Crippen molar-refractivity contribution in [2.75, 3.05) is 23.7 Å². The number of carbonyl (C=O) groups excluding carboxylic acids is 2. The molecule has 1 aliphatic carbocycles. The third kappa shape index (κ3) is 8.49. The first-order valence-electron chi connectivity index (χ1n) is 17.0. The smallest absolute Gasteiger partial charge is 0.308 e. The average molecular weight is 677 g/mol. The number of rotatable bonds is 16. The Hall–Kier alpha value is -5.64. The van der Waals surface area contributed by atoms with Gasteiger partial charge in [-0.05, 0) is 72.5 Å². The second kappa shape index (κ2) is 16.6. The van der Waals surface area contributed by atoms with Crippen LogP contribution >= 0.6 is 0 Å². The van der Waals surface area contributed by atoms with Gasteiger partial charge in [0.15, 0.2) is 0 Å². The van der Waals surface area contributed by atoms with Gasteiger partial charge >= 0.3 is 11.9 Å². The lowest BCUT2D eigenvalue weighted by Crippen LogP contribution is -2.64. The molecule has 0 radical (unpaired) electrons. The van der Waals surface area contributed by atoms with Gasteiger partial charge < -0.3 is 30.6 Å². The minimum Gasteiger partial charge on any atom is -0.481 e. The van der Waals surface area contributed by atoms with E-state index in [4.69, 9.17) is 0 Å². The van der Waals surface area contributed by atoms with Crippen molar-refractivity contribution in [2.45, 2.75) is 39.8 Å². The van der Waals surface area contributed by atoms with Crippen molar-refractivity contribution in [1.82, 2.24) is 9.80 Å². The van der Waals surface area contributed by atoms with E-state index in [9.17, 15) is 29.4 Å². The highest BCUT2D eigenvalue weighted by Gasteiger charge is 2.64. The number of carboxylic acids is 2. The maximum Gasteiger partial charge on any atom is 0.308 e. The van der Waals surface area contributed by atoms with Crippen LogP contribution in [0.3, 0.4) is 0 Å². The lowest BCUT2D eigenvalue weighted by atomic mass is 9.55. The fourth-order valence-electron chi connectivity index (χ4n) is 6.68. The molecule has 5 rings (SSSR count). The highest BCUT2D eigenvalue weighted by Crippen LogP contribution is 2.49. The molecule has 2 amide bonds. The second-order valence-corrected chi connectivity index (χ2v) is 12.7. The zero-order valence-corrected chi connectivity index (χ0v) is 28.4. The van der Waals surface area contributed by atoms with Crippen molar-refractivity contribution < 1.29 is 29.4 Å². The molecule has 50 heavy (non-hydrogen) atoms. The van der Waals surface area contributed by atoms with Crippen LogP contribution in [-0.2, 0) is 32.3 Å². The Bertz CT molecular complexity index is 1610. The van der Waals surface area contributed by atoms with Gasteiger partial charge in [-0.2, -0.15) is 0 Å². The number of carboxylic acid groups (broad SMARTS) is 2. The summed E-state index contributed by atoms with van der Waals surface area (Å²) in [5, 5.41) is 27.3. The molecule has 1 saturated carbocycles. The topological polar surface area (TPSA) is 139 Å². The Labute approximate surface area is 292 Å². The molecule has 1 fully saturated rings. The quantitative estimate of drug-likeness (QED) is 0.0996. The number of hydrogen-bond acceptors (Lipinski definition) is 6. The van der Waals surface area contributed by atoms with Crippen molar-refractivity contribution >= 4 is 46.5 Å². The van der Waals surface area contributed by atoms with E-state index < -0.39 is 47.4 Å². The van der Waals surface area contributed by atoms with Gasteiger partial charge in [0, 0.05) is 48.9 Å². The van der Waals surface area contributed by atoms with Crippen LogP contribution in [0.4, 0.5) is 22.7 Å². The molecule has 0 aromatic heterocycles. The molecule has 0 spiro atoms. The number of benzene rings is 4. The van der Waals surface area contributed by atoms with Crippen molar-refractivity contribution in [3.05, 3.63) is 120 Å². The molecular formula is C40H44N4O6. The van der Waals surface area contributed by atoms with Gasteiger partial charge in [0.05, 0.1) is 23.7 Å². The molecule has 0 heterocycles. The fraction of sp³-hybridized carbons (Fsp3) is 0.300. The summed E-state index contributed by atoms with van der Waals surface area (Å²) in [6.45, 7) is 4.79. The van der Waals surface area contributed by atoms with Crippen molar-refractivity contribution in [2.24, 2.45) is 23.7 Å². The molecule has 4 aromatic rings.